The molecule has 1 unspecified atom stereocenters. The first kappa shape index (κ1) is 17.5. The minimum atomic E-state index is -0.359. The van der Waals surface area contributed by atoms with Crippen LogP contribution in [0.4, 0.5) is 10.6 Å². The number of benzene rings is 1. The first-order valence-corrected chi connectivity index (χ1v) is 8.67. The Morgan fingerprint density at radius 3 is 2.76 bits per heavy atom. The summed E-state index contributed by atoms with van der Waals surface area (Å²) >= 11 is 0. The Morgan fingerprint density at radius 1 is 1.32 bits per heavy atom. The van der Waals surface area contributed by atoms with Crippen LogP contribution in [0.25, 0.3) is 11.1 Å². The van der Waals surface area contributed by atoms with Gasteiger partial charge in [-0.3, -0.25) is 10.00 Å². The molecule has 2 heterocycles. The number of amides is 2. The molecular formula is C19H26N4O2. The summed E-state index contributed by atoms with van der Waals surface area (Å²) in [4.78, 5) is 14.6. The van der Waals surface area contributed by atoms with E-state index in [-0.39, 0.29) is 17.6 Å². The highest BCUT2D eigenvalue weighted by molar-refractivity contribution is 5.93. The number of carbonyl (C=O) groups is 1. The van der Waals surface area contributed by atoms with Crippen molar-refractivity contribution < 1.29 is 9.90 Å². The van der Waals surface area contributed by atoms with Gasteiger partial charge in [-0.25, -0.2) is 4.79 Å². The lowest BCUT2D eigenvalue weighted by Gasteiger charge is -2.29. The summed E-state index contributed by atoms with van der Waals surface area (Å²) in [5, 5.41) is 17.4. The van der Waals surface area contributed by atoms with Crippen molar-refractivity contribution in [2.75, 3.05) is 18.4 Å². The number of rotatable bonds is 2. The van der Waals surface area contributed by atoms with Crippen LogP contribution in [0.5, 0.6) is 0 Å². The molecule has 0 bridgehead atoms. The number of nitrogens with zero attached hydrogens (tertiary/aromatic N) is 3. The number of carbonyl (C=O) groups excluding carboxylic acids is 1. The van der Waals surface area contributed by atoms with Crippen molar-refractivity contribution in [1.29, 1.82) is 0 Å². The quantitative estimate of drug-likeness (QED) is 0.881. The predicted molar refractivity (Wildman–Crippen MR) is 98.3 cm³/mol. The summed E-state index contributed by atoms with van der Waals surface area (Å²) < 4.78 is 1.70. The minimum Gasteiger partial charge on any atom is -0.393 e. The van der Waals surface area contributed by atoms with Gasteiger partial charge >= 0.3 is 6.03 Å². The van der Waals surface area contributed by atoms with Crippen LogP contribution in [-0.4, -0.2) is 45.0 Å². The van der Waals surface area contributed by atoms with Crippen LogP contribution >= 0.6 is 0 Å². The summed E-state index contributed by atoms with van der Waals surface area (Å²) in [6.45, 7) is 5.32. The van der Waals surface area contributed by atoms with Gasteiger partial charge in [-0.1, -0.05) is 44.2 Å². The molecule has 0 spiro atoms. The summed E-state index contributed by atoms with van der Waals surface area (Å²) in [6.07, 6.45) is 2.85. The highest BCUT2D eigenvalue weighted by atomic mass is 16.3. The molecule has 6 nitrogen and oxygen atoms in total. The summed E-state index contributed by atoms with van der Waals surface area (Å²) in [7, 11) is 1.84. The number of hydrogen-bond acceptors (Lipinski definition) is 3. The topological polar surface area (TPSA) is 70.4 Å². The number of aliphatic hydroxyl groups excluding tert-OH is 1. The van der Waals surface area contributed by atoms with Crippen molar-refractivity contribution in [2.45, 2.75) is 32.8 Å². The van der Waals surface area contributed by atoms with Gasteiger partial charge in [0.1, 0.15) is 0 Å². The first-order valence-electron chi connectivity index (χ1n) is 8.67. The molecule has 1 fully saturated rings. The smallest absolute Gasteiger partial charge is 0.323 e. The normalized spacial score (nSPS) is 20.2. The van der Waals surface area contributed by atoms with Gasteiger partial charge in [0.2, 0.25) is 0 Å². The highest BCUT2D eigenvalue weighted by Gasteiger charge is 2.31. The van der Waals surface area contributed by atoms with E-state index in [9.17, 15) is 9.90 Å². The number of urea groups is 1. The van der Waals surface area contributed by atoms with Crippen LogP contribution in [0.1, 0.15) is 26.7 Å². The molecule has 1 atom stereocenters. The number of aryl methyl sites for hydroxylation is 1. The van der Waals surface area contributed by atoms with E-state index < -0.39 is 0 Å². The third-order valence-electron chi connectivity index (χ3n) is 4.57. The number of aliphatic hydroxyl groups is 1. The number of anilines is 1. The van der Waals surface area contributed by atoms with Crippen LogP contribution in [0.2, 0.25) is 0 Å². The second-order valence-corrected chi connectivity index (χ2v) is 7.59. The van der Waals surface area contributed by atoms with Gasteiger partial charge in [-0.2, -0.15) is 5.10 Å². The lowest BCUT2D eigenvalue weighted by Crippen LogP contribution is -2.40. The molecule has 1 aliphatic heterocycles. The molecular weight excluding hydrogens is 316 g/mol. The molecule has 134 valence electrons. The van der Waals surface area contributed by atoms with Gasteiger partial charge in [0, 0.05) is 31.9 Å². The zero-order valence-corrected chi connectivity index (χ0v) is 15.1. The van der Waals surface area contributed by atoms with E-state index in [4.69, 9.17) is 0 Å². The van der Waals surface area contributed by atoms with E-state index >= 15 is 0 Å². The van der Waals surface area contributed by atoms with E-state index in [1.807, 2.05) is 43.6 Å². The first-order chi connectivity index (χ1) is 11.8. The third-order valence-corrected chi connectivity index (χ3v) is 4.57. The van der Waals surface area contributed by atoms with Crippen molar-refractivity contribution in [3.05, 3.63) is 36.5 Å². The second kappa shape index (κ2) is 6.88. The molecule has 0 radical (unpaired) electrons. The van der Waals surface area contributed by atoms with E-state index in [0.717, 1.165) is 11.1 Å². The monoisotopic (exact) mass is 342 g/mol. The molecule has 1 aromatic heterocycles. The van der Waals surface area contributed by atoms with E-state index in [2.05, 4.69) is 24.3 Å². The van der Waals surface area contributed by atoms with Gasteiger partial charge < -0.3 is 10.0 Å². The lowest BCUT2D eigenvalue weighted by molar-refractivity contribution is 0.122. The predicted octanol–water partition coefficient (Wildman–Crippen LogP) is 3.10. The molecule has 3 rings (SSSR count). The largest absolute Gasteiger partial charge is 0.393 e. The number of likely N-dealkylation sites (tertiary alicyclic amines) is 1. The Hall–Kier alpha value is -2.34. The maximum absolute atomic E-state index is 12.8. The fourth-order valence-corrected chi connectivity index (χ4v) is 3.47. The average Bonchev–Trinajstić information content (AvgIpc) is 2.84. The lowest BCUT2D eigenvalue weighted by atomic mass is 9.87. The molecule has 0 saturated carbocycles. The van der Waals surface area contributed by atoms with Crippen LogP contribution in [0.15, 0.2) is 36.5 Å². The van der Waals surface area contributed by atoms with Gasteiger partial charge in [-0.05, 0) is 23.8 Å². The third kappa shape index (κ3) is 4.20. The summed E-state index contributed by atoms with van der Waals surface area (Å²) in [6, 6.07) is 9.72. The molecule has 0 aliphatic carbocycles. The average molecular weight is 342 g/mol. The fraction of sp³-hybridized carbons (Fsp3) is 0.474. The molecule has 1 aliphatic rings. The summed E-state index contributed by atoms with van der Waals surface area (Å²) in [5.74, 6) is 0.557. The van der Waals surface area contributed by atoms with Gasteiger partial charge in [0.25, 0.3) is 0 Å². The molecule has 2 amide bonds. The number of aromatic nitrogens is 2. The maximum atomic E-state index is 12.8. The van der Waals surface area contributed by atoms with Crippen molar-refractivity contribution in [1.82, 2.24) is 14.7 Å². The molecule has 6 heteroatoms. The van der Waals surface area contributed by atoms with Crippen molar-refractivity contribution in [2.24, 2.45) is 12.5 Å². The van der Waals surface area contributed by atoms with Crippen molar-refractivity contribution in [3.63, 3.8) is 0 Å². The molecule has 1 saturated heterocycles. The minimum absolute atomic E-state index is 0.111. The SMILES string of the molecule is Cn1cc(-c2ccccc2)c(NC(=O)N2CCC(O)CC(C)(C)C2)n1. The van der Waals surface area contributed by atoms with Crippen LogP contribution < -0.4 is 5.32 Å². The van der Waals surface area contributed by atoms with Crippen LogP contribution in [0.3, 0.4) is 0 Å². The van der Waals surface area contributed by atoms with Crippen molar-refractivity contribution >= 4 is 11.8 Å². The second-order valence-electron chi connectivity index (χ2n) is 7.59. The molecule has 25 heavy (non-hydrogen) atoms. The molecule has 1 aromatic carbocycles. The highest BCUT2D eigenvalue weighted by Crippen LogP contribution is 2.30. The zero-order valence-electron chi connectivity index (χ0n) is 15.1. The van der Waals surface area contributed by atoms with E-state index in [0.29, 0.717) is 31.7 Å². The zero-order chi connectivity index (χ0) is 18.0. The number of hydrogen-bond donors (Lipinski definition) is 2. The Morgan fingerprint density at radius 2 is 2.04 bits per heavy atom. The molecule has 2 aromatic rings. The standard InChI is InChI=1S/C19H26N4O2/c1-19(2)11-15(24)9-10-23(13-19)18(25)20-17-16(12-22(3)21-17)14-7-5-4-6-8-14/h4-8,12,15,24H,9-11,13H2,1-3H3,(H,20,21,25). The Labute approximate surface area is 148 Å². The number of nitrogens with one attached hydrogen (secondary N) is 1. The Bertz CT molecular complexity index is 739. The molecule has 2 N–H and O–H groups in total. The summed E-state index contributed by atoms with van der Waals surface area (Å²) in [5.41, 5.74) is 1.79. The fourth-order valence-electron chi connectivity index (χ4n) is 3.47. The van der Waals surface area contributed by atoms with Gasteiger partial charge in [0.05, 0.1) is 6.10 Å². The Balaban J connectivity index is 1.79. The van der Waals surface area contributed by atoms with Gasteiger partial charge in [-0.15, -0.1) is 0 Å². The van der Waals surface area contributed by atoms with E-state index in [1.165, 1.54) is 0 Å². The van der Waals surface area contributed by atoms with Gasteiger partial charge in [0.15, 0.2) is 5.82 Å². The van der Waals surface area contributed by atoms with Crippen LogP contribution in [0, 0.1) is 5.41 Å². The Kier molecular flexibility index (Phi) is 4.81. The van der Waals surface area contributed by atoms with E-state index in [1.54, 1.807) is 9.58 Å². The maximum Gasteiger partial charge on any atom is 0.323 e. The van der Waals surface area contributed by atoms with Crippen molar-refractivity contribution in [3.8, 4) is 11.1 Å². The van der Waals surface area contributed by atoms with Crippen LogP contribution in [-0.2, 0) is 7.05 Å².